The number of H-pyrrole nitrogens is 1. The van der Waals surface area contributed by atoms with E-state index in [0.29, 0.717) is 19.7 Å². The number of hydrogen-bond donors (Lipinski definition) is 1. The summed E-state index contributed by atoms with van der Waals surface area (Å²) in [6.07, 6.45) is 2.93. The van der Waals surface area contributed by atoms with Gasteiger partial charge in [0.05, 0.1) is 18.5 Å². The van der Waals surface area contributed by atoms with Crippen LogP contribution in [0.2, 0.25) is 0 Å². The number of morpholine rings is 1. The first-order valence-corrected chi connectivity index (χ1v) is 6.52. The van der Waals surface area contributed by atoms with Gasteiger partial charge in [0, 0.05) is 26.8 Å². The van der Waals surface area contributed by atoms with E-state index in [1.165, 1.54) is 6.33 Å². The fourth-order valence-electron chi connectivity index (χ4n) is 2.39. The van der Waals surface area contributed by atoms with Crippen LogP contribution in [-0.2, 0) is 9.53 Å². The van der Waals surface area contributed by atoms with E-state index >= 15 is 0 Å². The molecular weight excluding hydrogens is 258 g/mol. The Labute approximate surface area is 116 Å². The van der Waals surface area contributed by atoms with Crippen molar-refractivity contribution in [2.75, 3.05) is 38.7 Å². The van der Waals surface area contributed by atoms with Gasteiger partial charge in [-0.2, -0.15) is 0 Å². The van der Waals surface area contributed by atoms with Crippen LogP contribution in [0.25, 0.3) is 11.0 Å². The van der Waals surface area contributed by atoms with Crippen molar-refractivity contribution in [3.63, 3.8) is 0 Å². The molecule has 0 radical (unpaired) electrons. The zero-order valence-electron chi connectivity index (χ0n) is 11.5. The highest BCUT2D eigenvalue weighted by atomic mass is 16.5. The standard InChI is InChI=1S/C13H17N5O2/c1-17(2)13(19)10-7-18(5-6-20-10)12-9-3-4-14-11(9)15-8-16-12/h3-4,8,10H,5-7H2,1-2H3,(H,14,15,16). The second-order valence-corrected chi connectivity index (χ2v) is 4.98. The normalized spacial score (nSPS) is 19.3. The van der Waals surface area contributed by atoms with Gasteiger partial charge in [0.25, 0.3) is 5.91 Å². The van der Waals surface area contributed by atoms with Crippen LogP contribution in [0.1, 0.15) is 0 Å². The number of carbonyl (C=O) groups excluding carboxylic acids is 1. The summed E-state index contributed by atoms with van der Waals surface area (Å²) in [5, 5.41) is 0.963. The maximum absolute atomic E-state index is 12.0. The second kappa shape index (κ2) is 5.09. The number of aromatic amines is 1. The SMILES string of the molecule is CN(C)C(=O)C1CN(c2ncnc3[nH]ccc23)CCO1. The van der Waals surface area contributed by atoms with Gasteiger partial charge in [0.15, 0.2) is 6.10 Å². The molecule has 1 saturated heterocycles. The first-order valence-electron chi connectivity index (χ1n) is 6.52. The largest absolute Gasteiger partial charge is 0.365 e. The van der Waals surface area contributed by atoms with Crippen molar-refractivity contribution in [3.05, 3.63) is 18.6 Å². The monoisotopic (exact) mass is 275 g/mol. The van der Waals surface area contributed by atoms with Crippen molar-refractivity contribution in [3.8, 4) is 0 Å². The lowest BCUT2D eigenvalue weighted by Crippen LogP contribution is -2.49. The van der Waals surface area contributed by atoms with Gasteiger partial charge < -0.3 is 19.5 Å². The van der Waals surface area contributed by atoms with E-state index in [1.54, 1.807) is 19.0 Å². The third kappa shape index (κ3) is 2.20. The highest BCUT2D eigenvalue weighted by Gasteiger charge is 2.29. The second-order valence-electron chi connectivity index (χ2n) is 4.98. The van der Waals surface area contributed by atoms with Crippen LogP contribution in [0.5, 0.6) is 0 Å². The molecule has 1 atom stereocenters. The summed E-state index contributed by atoms with van der Waals surface area (Å²) in [6, 6.07) is 1.95. The lowest BCUT2D eigenvalue weighted by Gasteiger charge is -2.34. The number of hydrogen-bond acceptors (Lipinski definition) is 5. The summed E-state index contributed by atoms with van der Waals surface area (Å²) in [7, 11) is 3.47. The van der Waals surface area contributed by atoms with Gasteiger partial charge in [-0.3, -0.25) is 4.79 Å². The lowest BCUT2D eigenvalue weighted by molar-refractivity contribution is -0.141. The Hall–Kier alpha value is -2.15. The van der Waals surface area contributed by atoms with Crippen molar-refractivity contribution in [1.29, 1.82) is 0 Å². The van der Waals surface area contributed by atoms with Gasteiger partial charge in [-0.1, -0.05) is 0 Å². The predicted octanol–water partition coefficient (Wildman–Crippen LogP) is 0.251. The Bertz CT molecular complexity index is 624. The van der Waals surface area contributed by atoms with Crippen molar-refractivity contribution in [1.82, 2.24) is 19.9 Å². The maximum atomic E-state index is 12.0. The van der Waals surface area contributed by atoms with E-state index < -0.39 is 6.10 Å². The third-order valence-corrected chi connectivity index (χ3v) is 3.42. The molecule has 1 unspecified atom stereocenters. The number of rotatable bonds is 2. The molecule has 2 aromatic rings. The van der Waals surface area contributed by atoms with E-state index in [1.807, 2.05) is 12.3 Å². The van der Waals surface area contributed by atoms with Crippen LogP contribution in [-0.4, -0.2) is 65.7 Å². The minimum absolute atomic E-state index is 0.0194. The molecule has 3 heterocycles. The van der Waals surface area contributed by atoms with Crippen LogP contribution in [0, 0.1) is 0 Å². The number of anilines is 1. The summed E-state index contributed by atoms with van der Waals surface area (Å²) in [5.41, 5.74) is 0.803. The molecule has 1 amide bonds. The molecule has 1 aliphatic rings. The molecule has 1 fully saturated rings. The lowest BCUT2D eigenvalue weighted by atomic mass is 10.2. The fraction of sp³-hybridized carbons (Fsp3) is 0.462. The zero-order valence-corrected chi connectivity index (χ0v) is 11.5. The molecule has 106 valence electrons. The number of nitrogens with zero attached hydrogens (tertiary/aromatic N) is 4. The first kappa shape index (κ1) is 12.9. The smallest absolute Gasteiger partial charge is 0.253 e. The first-order chi connectivity index (χ1) is 9.66. The number of nitrogens with one attached hydrogen (secondary N) is 1. The van der Waals surface area contributed by atoms with Crippen LogP contribution in [0.3, 0.4) is 0 Å². The van der Waals surface area contributed by atoms with E-state index in [9.17, 15) is 4.79 Å². The molecule has 0 saturated carbocycles. The predicted molar refractivity (Wildman–Crippen MR) is 74.5 cm³/mol. The molecule has 1 aliphatic heterocycles. The highest BCUT2D eigenvalue weighted by Crippen LogP contribution is 2.23. The number of ether oxygens (including phenoxy) is 1. The Morgan fingerprint density at radius 2 is 2.35 bits per heavy atom. The minimum Gasteiger partial charge on any atom is -0.365 e. The van der Waals surface area contributed by atoms with E-state index in [2.05, 4.69) is 19.9 Å². The molecule has 0 bridgehead atoms. The summed E-state index contributed by atoms with van der Waals surface area (Å²) < 4.78 is 5.56. The molecule has 3 rings (SSSR count). The van der Waals surface area contributed by atoms with E-state index in [-0.39, 0.29) is 5.91 Å². The average molecular weight is 275 g/mol. The molecule has 7 heteroatoms. The van der Waals surface area contributed by atoms with Crippen LogP contribution in [0.15, 0.2) is 18.6 Å². The molecule has 1 N–H and O–H groups in total. The summed E-state index contributed by atoms with van der Waals surface area (Å²) in [5.74, 6) is 0.824. The van der Waals surface area contributed by atoms with Crippen molar-refractivity contribution in [2.45, 2.75) is 6.10 Å². The van der Waals surface area contributed by atoms with Gasteiger partial charge in [-0.25, -0.2) is 9.97 Å². The van der Waals surface area contributed by atoms with Crippen LogP contribution < -0.4 is 4.90 Å². The average Bonchev–Trinajstić information content (AvgIpc) is 2.94. The van der Waals surface area contributed by atoms with Crippen LogP contribution >= 0.6 is 0 Å². The summed E-state index contributed by atoms with van der Waals surface area (Å²) in [6.45, 7) is 1.74. The quantitative estimate of drug-likeness (QED) is 0.850. The van der Waals surface area contributed by atoms with E-state index in [0.717, 1.165) is 16.9 Å². The minimum atomic E-state index is -0.442. The molecule has 0 aliphatic carbocycles. The van der Waals surface area contributed by atoms with Crippen molar-refractivity contribution >= 4 is 22.8 Å². The third-order valence-electron chi connectivity index (χ3n) is 3.42. The van der Waals surface area contributed by atoms with Gasteiger partial charge in [0.2, 0.25) is 0 Å². The number of amides is 1. The maximum Gasteiger partial charge on any atom is 0.253 e. The molecule has 0 aromatic carbocycles. The van der Waals surface area contributed by atoms with Crippen LogP contribution in [0.4, 0.5) is 5.82 Å². The molecule has 7 nitrogen and oxygen atoms in total. The summed E-state index contributed by atoms with van der Waals surface area (Å²) >= 11 is 0. The Kier molecular flexibility index (Phi) is 3.27. The van der Waals surface area contributed by atoms with Crippen molar-refractivity contribution < 1.29 is 9.53 Å². The Morgan fingerprint density at radius 3 is 3.15 bits per heavy atom. The van der Waals surface area contributed by atoms with Gasteiger partial charge in [0.1, 0.15) is 17.8 Å². The van der Waals surface area contributed by atoms with E-state index in [4.69, 9.17) is 4.74 Å². The topological polar surface area (TPSA) is 74.4 Å². The molecule has 20 heavy (non-hydrogen) atoms. The zero-order chi connectivity index (χ0) is 14.1. The molecule has 0 spiro atoms. The van der Waals surface area contributed by atoms with Crippen molar-refractivity contribution in [2.24, 2.45) is 0 Å². The van der Waals surface area contributed by atoms with Gasteiger partial charge >= 0.3 is 0 Å². The number of likely N-dealkylation sites (N-methyl/N-ethyl adjacent to an activating group) is 1. The fourth-order valence-corrected chi connectivity index (χ4v) is 2.39. The number of carbonyl (C=O) groups is 1. The number of aromatic nitrogens is 3. The molecule has 2 aromatic heterocycles. The molecular formula is C13H17N5O2. The van der Waals surface area contributed by atoms with Gasteiger partial charge in [-0.05, 0) is 6.07 Å². The summed E-state index contributed by atoms with van der Waals surface area (Å²) in [4.78, 5) is 27.3. The number of fused-ring (bicyclic) bond motifs is 1. The van der Waals surface area contributed by atoms with Gasteiger partial charge in [-0.15, -0.1) is 0 Å². The highest BCUT2D eigenvalue weighted by molar-refractivity contribution is 5.88. The Balaban J connectivity index is 1.87. The Morgan fingerprint density at radius 1 is 1.50 bits per heavy atom.